The third-order valence-corrected chi connectivity index (χ3v) is 5.05. The van der Waals surface area contributed by atoms with Gasteiger partial charge in [0.25, 0.3) is 0 Å². The molecule has 0 saturated heterocycles. The van der Waals surface area contributed by atoms with Crippen molar-refractivity contribution < 1.29 is 28.4 Å². The van der Waals surface area contributed by atoms with Gasteiger partial charge < -0.3 is 28.4 Å². The molecule has 38 heavy (non-hydrogen) atoms. The maximum absolute atomic E-state index is 5.66. The molecule has 0 bridgehead atoms. The Balaban J connectivity index is 1.16. The second-order valence-electron chi connectivity index (χ2n) is 7.91. The summed E-state index contributed by atoms with van der Waals surface area (Å²) in [7, 11) is 0. The molecule has 3 aromatic rings. The molecule has 0 aromatic carbocycles. The van der Waals surface area contributed by atoms with Gasteiger partial charge in [-0.25, -0.2) is 9.97 Å². The summed E-state index contributed by atoms with van der Waals surface area (Å²) in [6.45, 7) is 11.8. The van der Waals surface area contributed by atoms with E-state index < -0.39 is 0 Å². The van der Waals surface area contributed by atoms with E-state index in [2.05, 4.69) is 28.1 Å². The molecule has 0 atom stereocenters. The van der Waals surface area contributed by atoms with Crippen molar-refractivity contribution in [2.45, 2.75) is 13.2 Å². The molecule has 0 aliphatic rings. The third kappa shape index (κ3) is 11.6. The Kier molecular flexibility index (Phi) is 13.5. The molecule has 0 radical (unpaired) electrons. The first-order chi connectivity index (χ1) is 18.8. The summed E-state index contributed by atoms with van der Waals surface area (Å²) in [5.74, 6) is 1.12. The molecule has 0 N–H and O–H groups in total. The fourth-order valence-corrected chi connectivity index (χ4v) is 3.09. The minimum absolute atomic E-state index is 0.404. The minimum Gasteiger partial charge on any atom is -0.475 e. The molecule has 3 aromatic heterocycles. The van der Waals surface area contributed by atoms with Crippen molar-refractivity contribution in [3.05, 3.63) is 90.5 Å². The Bertz CT molecular complexity index is 994. The molecule has 0 aliphatic heterocycles. The molecule has 0 amide bonds. The summed E-state index contributed by atoms with van der Waals surface area (Å²) in [4.78, 5) is 12.9. The molecule has 9 nitrogen and oxygen atoms in total. The number of nitrogens with zero attached hydrogens (tertiary/aromatic N) is 3. The van der Waals surface area contributed by atoms with Crippen molar-refractivity contribution in [1.82, 2.24) is 15.0 Å². The number of aromatic nitrogens is 3. The summed E-state index contributed by atoms with van der Waals surface area (Å²) in [6, 6.07) is 13.2. The van der Waals surface area contributed by atoms with E-state index in [1.807, 2.05) is 30.3 Å². The van der Waals surface area contributed by atoms with E-state index in [0.29, 0.717) is 77.8 Å². The highest BCUT2D eigenvalue weighted by Crippen LogP contribution is 2.09. The van der Waals surface area contributed by atoms with Crippen LogP contribution in [0.5, 0.6) is 11.8 Å². The van der Waals surface area contributed by atoms with Gasteiger partial charge in [-0.2, -0.15) is 0 Å². The monoisotopic (exact) mass is 521 g/mol. The lowest BCUT2D eigenvalue weighted by molar-refractivity contribution is 0.0266. The van der Waals surface area contributed by atoms with Crippen molar-refractivity contribution >= 4 is 12.2 Å². The van der Waals surface area contributed by atoms with Crippen LogP contribution in [0.1, 0.15) is 22.5 Å². The van der Waals surface area contributed by atoms with E-state index in [4.69, 9.17) is 28.4 Å². The van der Waals surface area contributed by atoms with Crippen molar-refractivity contribution in [2.24, 2.45) is 0 Å². The molecule has 0 saturated carbocycles. The average Bonchev–Trinajstić information content (AvgIpc) is 2.96. The van der Waals surface area contributed by atoms with Crippen LogP contribution in [0, 0.1) is 0 Å². The third-order valence-electron chi connectivity index (χ3n) is 5.05. The van der Waals surface area contributed by atoms with Crippen molar-refractivity contribution in [2.75, 3.05) is 52.9 Å². The zero-order chi connectivity index (χ0) is 26.7. The van der Waals surface area contributed by atoms with Gasteiger partial charge in [0.2, 0.25) is 11.8 Å². The smallest absolute Gasteiger partial charge is 0.213 e. The van der Waals surface area contributed by atoms with E-state index >= 15 is 0 Å². The van der Waals surface area contributed by atoms with Gasteiger partial charge >= 0.3 is 0 Å². The van der Waals surface area contributed by atoms with E-state index in [1.54, 1.807) is 36.7 Å². The fourth-order valence-electron chi connectivity index (χ4n) is 3.09. The SMILES string of the molecule is C=Cc1ccc(OCCOCCOCc2cccc(COCCOCCOc3ccc(C=C)cn3)n2)nc1. The summed E-state index contributed by atoms with van der Waals surface area (Å²) >= 11 is 0. The molecule has 9 heteroatoms. The van der Waals surface area contributed by atoms with Crippen molar-refractivity contribution in [3.63, 3.8) is 0 Å². The lowest BCUT2D eigenvalue weighted by Crippen LogP contribution is -2.12. The Morgan fingerprint density at radius 1 is 0.553 bits per heavy atom. The highest BCUT2D eigenvalue weighted by atomic mass is 16.6. The largest absolute Gasteiger partial charge is 0.475 e. The Morgan fingerprint density at radius 3 is 1.42 bits per heavy atom. The van der Waals surface area contributed by atoms with Crippen LogP contribution >= 0.6 is 0 Å². The van der Waals surface area contributed by atoms with Crippen LogP contribution < -0.4 is 9.47 Å². The number of ether oxygens (including phenoxy) is 6. The van der Waals surface area contributed by atoms with Crippen molar-refractivity contribution in [1.29, 1.82) is 0 Å². The summed E-state index contributed by atoms with van der Waals surface area (Å²) < 4.78 is 33.4. The molecule has 3 rings (SSSR count). The molecular weight excluding hydrogens is 486 g/mol. The van der Waals surface area contributed by atoms with Crippen LogP contribution in [0.2, 0.25) is 0 Å². The van der Waals surface area contributed by atoms with E-state index in [-0.39, 0.29) is 0 Å². The predicted molar refractivity (Wildman–Crippen MR) is 145 cm³/mol. The van der Waals surface area contributed by atoms with Gasteiger partial charge in [0.1, 0.15) is 13.2 Å². The molecule has 202 valence electrons. The lowest BCUT2D eigenvalue weighted by atomic mass is 10.3. The first kappa shape index (κ1) is 28.9. The lowest BCUT2D eigenvalue weighted by Gasteiger charge is -2.09. The first-order valence-corrected chi connectivity index (χ1v) is 12.4. The van der Waals surface area contributed by atoms with Gasteiger partial charge in [0.15, 0.2) is 0 Å². The van der Waals surface area contributed by atoms with Gasteiger partial charge in [-0.1, -0.05) is 31.4 Å². The topological polar surface area (TPSA) is 94.1 Å². The molecule has 3 heterocycles. The Morgan fingerprint density at radius 2 is 1.00 bits per heavy atom. The maximum atomic E-state index is 5.66. The minimum atomic E-state index is 0.404. The van der Waals surface area contributed by atoms with Crippen LogP contribution in [0.25, 0.3) is 12.2 Å². The zero-order valence-electron chi connectivity index (χ0n) is 21.6. The molecule has 0 unspecified atom stereocenters. The van der Waals surface area contributed by atoms with Gasteiger partial charge in [-0.05, 0) is 35.4 Å². The second-order valence-corrected chi connectivity index (χ2v) is 7.91. The van der Waals surface area contributed by atoms with Gasteiger partial charge in [-0.3, -0.25) is 4.98 Å². The standard InChI is InChI=1S/C29H35N3O6/c1-3-24-8-10-28(30-20-24)37-18-16-33-12-14-35-22-26-6-5-7-27(32-26)23-36-15-13-34-17-19-38-29-11-9-25(4-2)21-31-29/h3-11,20-21H,1-2,12-19,22-23H2. The number of pyridine rings is 3. The molecule has 0 spiro atoms. The zero-order valence-corrected chi connectivity index (χ0v) is 21.6. The normalized spacial score (nSPS) is 10.7. The summed E-state index contributed by atoms with van der Waals surface area (Å²) in [5.41, 5.74) is 3.58. The second kappa shape index (κ2) is 17.8. The van der Waals surface area contributed by atoms with E-state index in [9.17, 15) is 0 Å². The molecule has 0 fully saturated rings. The Hall–Kier alpha value is -3.63. The maximum Gasteiger partial charge on any atom is 0.213 e. The highest BCUT2D eigenvalue weighted by molar-refractivity contribution is 5.46. The van der Waals surface area contributed by atoms with Gasteiger partial charge in [0.05, 0.1) is 64.2 Å². The quantitative estimate of drug-likeness (QED) is 0.201. The van der Waals surface area contributed by atoms with Crippen LogP contribution in [0.3, 0.4) is 0 Å². The van der Waals surface area contributed by atoms with E-state index in [0.717, 1.165) is 22.5 Å². The van der Waals surface area contributed by atoms with Crippen LogP contribution in [0.4, 0.5) is 0 Å². The van der Waals surface area contributed by atoms with Crippen molar-refractivity contribution in [3.8, 4) is 11.8 Å². The first-order valence-electron chi connectivity index (χ1n) is 12.4. The van der Waals surface area contributed by atoms with Gasteiger partial charge in [0, 0.05) is 24.5 Å². The van der Waals surface area contributed by atoms with E-state index in [1.165, 1.54) is 0 Å². The number of rotatable bonds is 20. The van der Waals surface area contributed by atoms with Crippen LogP contribution in [-0.2, 0) is 32.2 Å². The summed E-state index contributed by atoms with van der Waals surface area (Å²) in [6.07, 6.45) is 6.90. The Labute approximate surface area is 224 Å². The average molecular weight is 522 g/mol. The number of hydrogen-bond acceptors (Lipinski definition) is 9. The van der Waals surface area contributed by atoms with Crippen LogP contribution in [-0.4, -0.2) is 67.8 Å². The highest BCUT2D eigenvalue weighted by Gasteiger charge is 2.01. The molecule has 0 aliphatic carbocycles. The van der Waals surface area contributed by atoms with Crippen LogP contribution in [0.15, 0.2) is 68.0 Å². The molecular formula is C29H35N3O6. The fraction of sp³-hybridized carbons (Fsp3) is 0.345. The van der Waals surface area contributed by atoms with Gasteiger partial charge in [-0.15, -0.1) is 0 Å². The predicted octanol–water partition coefficient (Wildman–Crippen LogP) is 4.38. The number of hydrogen-bond donors (Lipinski definition) is 0. The summed E-state index contributed by atoms with van der Waals surface area (Å²) in [5, 5.41) is 0.